The van der Waals surface area contributed by atoms with Gasteiger partial charge in [0.15, 0.2) is 6.29 Å². The molecule has 12 atom stereocenters. The van der Waals surface area contributed by atoms with Crippen LogP contribution in [0.1, 0.15) is 113 Å². The minimum absolute atomic E-state index is 0.00452. The molecule has 7 nitrogen and oxygen atoms in total. The van der Waals surface area contributed by atoms with E-state index in [0.29, 0.717) is 11.8 Å². The molecule has 4 N–H and O–H groups in total. The molecule has 0 aromatic carbocycles. The molecule has 42 heavy (non-hydrogen) atoms. The Morgan fingerprint density at radius 1 is 0.881 bits per heavy atom. The first-order chi connectivity index (χ1) is 19.4. The Bertz CT molecular complexity index is 1130. The predicted octanol–water partition coefficient (Wildman–Crippen LogP) is 5.70. The summed E-state index contributed by atoms with van der Waals surface area (Å²) in [6.45, 7) is 16.8. The molecule has 0 bridgehead atoms. The van der Waals surface area contributed by atoms with Crippen LogP contribution < -0.4 is 0 Å². The zero-order valence-corrected chi connectivity index (χ0v) is 27.0. The van der Waals surface area contributed by atoms with E-state index in [1.807, 2.05) is 0 Å². The van der Waals surface area contributed by atoms with Gasteiger partial charge in [-0.1, -0.05) is 60.1 Å². The summed E-state index contributed by atoms with van der Waals surface area (Å²) in [5, 5.41) is 41.3. The summed E-state index contributed by atoms with van der Waals surface area (Å²) in [4.78, 5) is 12.9. The molecule has 1 saturated heterocycles. The molecule has 0 amide bonds. The first-order valence-corrected chi connectivity index (χ1v) is 16.7. The van der Waals surface area contributed by atoms with Crippen LogP contribution in [0, 0.1) is 50.2 Å². The molecule has 0 aromatic heterocycles. The normalized spacial score (nSPS) is 53.0. The van der Waals surface area contributed by atoms with Crippen molar-refractivity contribution in [2.24, 2.45) is 50.2 Å². The van der Waals surface area contributed by atoms with E-state index in [0.717, 1.165) is 64.2 Å². The zero-order valence-electron chi connectivity index (χ0n) is 27.0. The molecule has 0 spiro atoms. The number of aliphatic carboxylic acids is 1. The van der Waals surface area contributed by atoms with Crippen LogP contribution in [0.3, 0.4) is 0 Å². The van der Waals surface area contributed by atoms with Crippen LogP contribution in [0.15, 0.2) is 11.6 Å². The van der Waals surface area contributed by atoms with Gasteiger partial charge in [0.1, 0.15) is 18.3 Å². The standard InChI is InChI=1S/C35H56O7/c1-30(2)14-16-35(29(39)40)17-15-33(6)20(21(35)18-30)8-9-24-32(5)12-11-25(31(3,4)23(32)10-13-34(24,33)7)42-28-27(38)26(37)22(36)19-41-28/h8,21-28,36-38H,9-19H2,1-7H3,(H,39,40)/t21?,22-,23-,24?,25-,26-,27+,28-,32-,33+,34+,35-/m0/s1. The highest BCUT2D eigenvalue weighted by molar-refractivity contribution is 5.76. The van der Waals surface area contributed by atoms with Crippen molar-refractivity contribution in [3.05, 3.63) is 11.6 Å². The van der Waals surface area contributed by atoms with Crippen molar-refractivity contribution < 1.29 is 34.7 Å². The molecule has 6 aliphatic rings. The van der Waals surface area contributed by atoms with Crippen LogP contribution >= 0.6 is 0 Å². The maximum absolute atomic E-state index is 12.9. The summed E-state index contributed by atoms with van der Waals surface area (Å²) >= 11 is 0. The number of hydrogen-bond acceptors (Lipinski definition) is 6. The third-order valence-corrected chi connectivity index (χ3v) is 14.8. The molecule has 1 aliphatic heterocycles. The first kappa shape index (κ1) is 31.0. The molecular weight excluding hydrogens is 532 g/mol. The van der Waals surface area contributed by atoms with E-state index in [2.05, 4.69) is 54.5 Å². The van der Waals surface area contributed by atoms with E-state index in [9.17, 15) is 25.2 Å². The third-order valence-electron chi connectivity index (χ3n) is 14.8. The van der Waals surface area contributed by atoms with Crippen molar-refractivity contribution in [3.63, 3.8) is 0 Å². The zero-order chi connectivity index (χ0) is 30.7. The van der Waals surface area contributed by atoms with E-state index in [1.165, 1.54) is 5.57 Å². The average Bonchev–Trinajstić information content (AvgIpc) is 2.90. The Morgan fingerprint density at radius 2 is 1.57 bits per heavy atom. The Hall–Kier alpha value is -0.990. The smallest absolute Gasteiger partial charge is 0.310 e. The van der Waals surface area contributed by atoms with Crippen LogP contribution in [0.5, 0.6) is 0 Å². The van der Waals surface area contributed by atoms with Gasteiger partial charge in [-0.05, 0) is 109 Å². The van der Waals surface area contributed by atoms with Crippen molar-refractivity contribution in [1.29, 1.82) is 0 Å². The van der Waals surface area contributed by atoms with Gasteiger partial charge in [-0.25, -0.2) is 0 Å². The van der Waals surface area contributed by atoms with Gasteiger partial charge in [0, 0.05) is 0 Å². The van der Waals surface area contributed by atoms with Crippen LogP contribution in [0.2, 0.25) is 0 Å². The fraction of sp³-hybridized carbons (Fsp3) is 0.914. The fourth-order valence-electron chi connectivity index (χ4n) is 11.9. The molecule has 5 fully saturated rings. The Balaban J connectivity index is 1.30. The highest BCUT2D eigenvalue weighted by Crippen LogP contribution is 2.75. The summed E-state index contributed by atoms with van der Waals surface area (Å²) < 4.78 is 12.1. The number of carboxylic acids is 1. The van der Waals surface area contributed by atoms with E-state index in [-0.39, 0.29) is 45.7 Å². The van der Waals surface area contributed by atoms with Crippen molar-refractivity contribution in [3.8, 4) is 0 Å². The van der Waals surface area contributed by atoms with Gasteiger partial charge in [-0.15, -0.1) is 0 Å². The Kier molecular flexibility index (Phi) is 7.20. The second-order valence-corrected chi connectivity index (χ2v) is 17.4. The lowest BCUT2D eigenvalue weighted by atomic mass is 9.33. The van der Waals surface area contributed by atoms with Crippen molar-refractivity contribution in [2.75, 3.05) is 6.61 Å². The molecule has 4 saturated carbocycles. The quantitative estimate of drug-likeness (QED) is 0.247. The summed E-state index contributed by atoms with van der Waals surface area (Å²) in [7, 11) is 0. The van der Waals surface area contributed by atoms with Gasteiger partial charge in [-0.2, -0.15) is 0 Å². The molecule has 0 radical (unpaired) electrons. The highest BCUT2D eigenvalue weighted by Gasteiger charge is 2.69. The molecule has 0 aromatic rings. The van der Waals surface area contributed by atoms with E-state index < -0.39 is 36.0 Å². The second-order valence-electron chi connectivity index (χ2n) is 17.4. The number of ether oxygens (including phenoxy) is 2. The topological polar surface area (TPSA) is 116 Å². The minimum Gasteiger partial charge on any atom is -0.481 e. The summed E-state index contributed by atoms with van der Waals surface area (Å²) in [6, 6.07) is 0. The lowest BCUT2D eigenvalue weighted by Gasteiger charge is -2.71. The summed E-state index contributed by atoms with van der Waals surface area (Å²) in [6.07, 6.45) is 7.38. The minimum atomic E-state index is -1.27. The maximum Gasteiger partial charge on any atom is 0.310 e. The third kappa shape index (κ3) is 4.12. The van der Waals surface area contributed by atoms with Gasteiger partial charge < -0.3 is 29.9 Å². The van der Waals surface area contributed by atoms with Gasteiger partial charge in [0.2, 0.25) is 0 Å². The lowest BCUT2D eigenvalue weighted by Crippen LogP contribution is -2.65. The van der Waals surface area contributed by atoms with Crippen molar-refractivity contribution in [2.45, 2.75) is 143 Å². The molecule has 2 unspecified atom stereocenters. The summed E-state index contributed by atoms with van der Waals surface area (Å²) in [5.74, 6) is 0.465. The number of hydrogen-bond donors (Lipinski definition) is 4. The number of carbonyl (C=O) groups is 1. The SMILES string of the molecule is CC1(C)CC[C@]2(C(=O)O)CC[C@]3(C)C(=CCC4[C@@]5(C)CC[C@H](O[C@@H]6OC[C@H](O)[C@H](O)[C@H]6O)C(C)(C)[C@@H]5CC[C@]43C)C2C1. The van der Waals surface area contributed by atoms with Crippen LogP contribution in [0.25, 0.3) is 0 Å². The molecule has 238 valence electrons. The fourth-order valence-corrected chi connectivity index (χ4v) is 11.9. The number of aliphatic hydroxyl groups is 3. The monoisotopic (exact) mass is 588 g/mol. The molecule has 6 rings (SSSR count). The Morgan fingerprint density at radius 3 is 2.26 bits per heavy atom. The number of aliphatic hydroxyl groups excluding tert-OH is 3. The molecular formula is C35H56O7. The van der Waals surface area contributed by atoms with E-state index >= 15 is 0 Å². The maximum atomic E-state index is 12.9. The summed E-state index contributed by atoms with van der Waals surface area (Å²) in [5.41, 5.74) is 1.05. The largest absolute Gasteiger partial charge is 0.481 e. The average molecular weight is 589 g/mol. The molecule has 5 aliphatic carbocycles. The van der Waals surface area contributed by atoms with Gasteiger partial charge in [0.25, 0.3) is 0 Å². The van der Waals surface area contributed by atoms with Gasteiger partial charge in [0.05, 0.1) is 18.1 Å². The van der Waals surface area contributed by atoms with E-state index in [4.69, 9.17) is 9.47 Å². The van der Waals surface area contributed by atoms with E-state index in [1.54, 1.807) is 0 Å². The van der Waals surface area contributed by atoms with Crippen molar-refractivity contribution >= 4 is 5.97 Å². The molecule has 1 heterocycles. The van der Waals surface area contributed by atoms with Gasteiger partial charge >= 0.3 is 5.97 Å². The van der Waals surface area contributed by atoms with Crippen LogP contribution in [0.4, 0.5) is 0 Å². The number of carboxylic acid groups (broad SMARTS) is 1. The predicted molar refractivity (Wildman–Crippen MR) is 159 cm³/mol. The number of allylic oxidation sites excluding steroid dienone is 2. The first-order valence-electron chi connectivity index (χ1n) is 16.7. The lowest BCUT2D eigenvalue weighted by molar-refractivity contribution is -0.308. The highest BCUT2D eigenvalue weighted by atomic mass is 16.7. The van der Waals surface area contributed by atoms with Gasteiger partial charge in [-0.3, -0.25) is 4.79 Å². The van der Waals surface area contributed by atoms with Crippen molar-refractivity contribution in [1.82, 2.24) is 0 Å². The number of rotatable bonds is 3. The second kappa shape index (κ2) is 9.75. The van der Waals surface area contributed by atoms with Crippen LogP contribution in [-0.4, -0.2) is 63.7 Å². The number of fused-ring (bicyclic) bond motifs is 7. The molecule has 7 heteroatoms. The van der Waals surface area contributed by atoms with Crippen LogP contribution in [-0.2, 0) is 14.3 Å². The Labute approximate surface area is 252 Å².